The van der Waals surface area contributed by atoms with Gasteiger partial charge in [-0.25, -0.2) is 0 Å². The molecule has 18 heavy (non-hydrogen) atoms. The SMILES string of the molecule is Cc1cc(Br)cc(CN2CCC(N(C)C)C2)c1O. The number of aryl methyl sites for hydroxylation is 1. The molecule has 0 amide bonds. The second kappa shape index (κ2) is 5.59. The van der Waals surface area contributed by atoms with Gasteiger partial charge in [-0.1, -0.05) is 15.9 Å². The molecule has 0 spiro atoms. The van der Waals surface area contributed by atoms with Crippen molar-refractivity contribution in [2.75, 3.05) is 27.2 Å². The summed E-state index contributed by atoms with van der Waals surface area (Å²) >= 11 is 3.49. The first kappa shape index (κ1) is 13.8. The summed E-state index contributed by atoms with van der Waals surface area (Å²) in [7, 11) is 4.27. The van der Waals surface area contributed by atoms with Crippen molar-refractivity contribution in [2.24, 2.45) is 0 Å². The largest absolute Gasteiger partial charge is 0.507 e. The molecule has 1 aliphatic heterocycles. The average molecular weight is 313 g/mol. The van der Waals surface area contributed by atoms with E-state index in [0.29, 0.717) is 11.8 Å². The third-order valence-corrected chi connectivity index (χ3v) is 4.17. The van der Waals surface area contributed by atoms with Gasteiger partial charge in [0.15, 0.2) is 0 Å². The fraction of sp³-hybridized carbons (Fsp3) is 0.571. The van der Waals surface area contributed by atoms with Crippen molar-refractivity contribution in [1.29, 1.82) is 0 Å². The van der Waals surface area contributed by atoms with Crippen LogP contribution in [0.25, 0.3) is 0 Å². The second-order valence-corrected chi connectivity index (χ2v) is 6.29. The maximum Gasteiger partial charge on any atom is 0.123 e. The number of phenols is 1. The summed E-state index contributed by atoms with van der Waals surface area (Å²) < 4.78 is 1.04. The van der Waals surface area contributed by atoms with E-state index in [4.69, 9.17) is 0 Å². The summed E-state index contributed by atoms with van der Waals surface area (Å²) in [5.41, 5.74) is 1.95. The van der Waals surface area contributed by atoms with Crippen molar-refractivity contribution < 1.29 is 5.11 Å². The lowest BCUT2D eigenvalue weighted by Crippen LogP contribution is -2.31. The summed E-state index contributed by atoms with van der Waals surface area (Å²) in [6, 6.07) is 4.61. The highest BCUT2D eigenvalue weighted by Crippen LogP contribution is 2.28. The summed E-state index contributed by atoms with van der Waals surface area (Å²) in [5.74, 6) is 0.437. The molecule has 1 aromatic carbocycles. The van der Waals surface area contributed by atoms with Crippen molar-refractivity contribution in [2.45, 2.75) is 25.9 Å². The first-order valence-electron chi connectivity index (χ1n) is 6.34. The third-order valence-electron chi connectivity index (χ3n) is 3.72. The number of benzene rings is 1. The highest BCUT2D eigenvalue weighted by atomic mass is 79.9. The van der Waals surface area contributed by atoms with Crippen molar-refractivity contribution in [3.8, 4) is 5.75 Å². The Bertz CT molecular complexity index is 434. The predicted octanol–water partition coefficient (Wildman–Crippen LogP) is 2.60. The fourth-order valence-corrected chi connectivity index (χ4v) is 3.16. The summed E-state index contributed by atoms with van der Waals surface area (Å²) in [6.45, 7) is 4.96. The van der Waals surface area contributed by atoms with Crippen LogP contribution in [0.5, 0.6) is 5.75 Å². The molecule has 0 aromatic heterocycles. The maximum atomic E-state index is 10.1. The molecule has 1 N–H and O–H groups in total. The summed E-state index contributed by atoms with van der Waals surface area (Å²) in [6.07, 6.45) is 1.21. The quantitative estimate of drug-likeness (QED) is 0.929. The fourth-order valence-electron chi connectivity index (χ4n) is 2.54. The number of halogens is 1. The van der Waals surface area contributed by atoms with E-state index in [1.54, 1.807) is 0 Å². The molecule has 2 rings (SSSR count). The number of hydrogen-bond acceptors (Lipinski definition) is 3. The molecule has 0 radical (unpaired) electrons. The monoisotopic (exact) mass is 312 g/mol. The van der Waals surface area contributed by atoms with Gasteiger partial charge in [-0.15, -0.1) is 0 Å². The molecule has 0 saturated carbocycles. The Labute approximate surface area is 118 Å². The molecule has 1 heterocycles. The van der Waals surface area contributed by atoms with E-state index in [2.05, 4.69) is 39.8 Å². The van der Waals surface area contributed by atoms with Gasteiger partial charge >= 0.3 is 0 Å². The molecule has 0 bridgehead atoms. The number of likely N-dealkylation sites (N-methyl/N-ethyl adjacent to an activating group) is 1. The van der Waals surface area contributed by atoms with E-state index in [1.807, 2.05) is 19.1 Å². The van der Waals surface area contributed by atoms with Crippen molar-refractivity contribution in [1.82, 2.24) is 9.80 Å². The predicted molar refractivity (Wildman–Crippen MR) is 77.9 cm³/mol. The van der Waals surface area contributed by atoms with Crippen LogP contribution in [-0.4, -0.2) is 48.1 Å². The van der Waals surface area contributed by atoms with Crippen molar-refractivity contribution in [3.05, 3.63) is 27.7 Å². The Morgan fingerprint density at radius 2 is 2.17 bits per heavy atom. The number of hydrogen-bond donors (Lipinski definition) is 1. The van der Waals surface area contributed by atoms with Gasteiger partial charge in [-0.3, -0.25) is 4.90 Å². The normalized spacial score (nSPS) is 20.8. The maximum absolute atomic E-state index is 10.1. The van der Waals surface area contributed by atoms with Gasteiger partial charge in [0.05, 0.1) is 0 Å². The molecular formula is C14H21BrN2O. The van der Waals surface area contributed by atoms with Gasteiger partial charge in [0.2, 0.25) is 0 Å². The molecule has 0 aliphatic carbocycles. The Balaban J connectivity index is 2.07. The minimum absolute atomic E-state index is 0.437. The van der Waals surface area contributed by atoms with Crippen molar-refractivity contribution >= 4 is 15.9 Å². The molecule has 1 atom stereocenters. The van der Waals surface area contributed by atoms with E-state index in [-0.39, 0.29) is 0 Å². The van der Waals surface area contributed by atoms with Crippen LogP contribution in [0.1, 0.15) is 17.5 Å². The van der Waals surface area contributed by atoms with E-state index in [0.717, 1.165) is 35.2 Å². The Morgan fingerprint density at radius 1 is 1.44 bits per heavy atom. The van der Waals surface area contributed by atoms with Crippen LogP contribution < -0.4 is 0 Å². The highest BCUT2D eigenvalue weighted by molar-refractivity contribution is 9.10. The van der Waals surface area contributed by atoms with Crippen LogP contribution in [-0.2, 0) is 6.54 Å². The summed E-state index contributed by atoms with van der Waals surface area (Å²) in [5, 5.41) is 10.1. The average Bonchev–Trinajstić information content (AvgIpc) is 2.74. The zero-order valence-electron chi connectivity index (χ0n) is 11.3. The summed E-state index contributed by atoms with van der Waals surface area (Å²) in [4.78, 5) is 4.69. The molecule has 1 aliphatic rings. The number of nitrogens with zero attached hydrogens (tertiary/aromatic N) is 2. The lowest BCUT2D eigenvalue weighted by atomic mass is 10.1. The number of phenolic OH excluding ortho intramolecular Hbond substituents is 1. The molecule has 1 aromatic rings. The smallest absolute Gasteiger partial charge is 0.123 e. The zero-order chi connectivity index (χ0) is 13.3. The molecule has 1 unspecified atom stereocenters. The standard InChI is InChI=1S/C14H21BrN2O/c1-10-6-12(15)7-11(14(10)18)8-17-5-4-13(9-17)16(2)3/h6-7,13,18H,4-5,8-9H2,1-3H3. The van der Waals surface area contributed by atoms with Crippen LogP contribution in [0, 0.1) is 6.92 Å². The van der Waals surface area contributed by atoms with E-state index in [1.165, 1.54) is 6.42 Å². The van der Waals surface area contributed by atoms with Crippen LogP contribution >= 0.6 is 15.9 Å². The molecule has 1 fully saturated rings. The van der Waals surface area contributed by atoms with Crippen molar-refractivity contribution in [3.63, 3.8) is 0 Å². The molecular weight excluding hydrogens is 292 g/mol. The number of rotatable bonds is 3. The first-order valence-corrected chi connectivity index (χ1v) is 7.13. The van der Waals surface area contributed by atoms with E-state index >= 15 is 0 Å². The number of likely N-dealkylation sites (tertiary alicyclic amines) is 1. The second-order valence-electron chi connectivity index (χ2n) is 5.37. The van der Waals surface area contributed by atoms with Crippen LogP contribution in [0.2, 0.25) is 0 Å². The van der Waals surface area contributed by atoms with Crippen LogP contribution in [0.3, 0.4) is 0 Å². The third kappa shape index (κ3) is 3.05. The molecule has 100 valence electrons. The Morgan fingerprint density at radius 3 is 2.78 bits per heavy atom. The first-order chi connectivity index (χ1) is 8.47. The minimum atomic E-state index is 0.437. The topological polar surface area (TPSA) is 26.7 Å². The minimum Gasteiger partial charge on any atom is -0.507 e. The van der Waals surface area contributed by atoms with Gasteiger partial charge < -0.3 is 10.0 Å². The molecule has 1 saturated heterocycles. The van der Waals surface area contributed by atoms with Gasteiger partial charge in [-0.2, -0.15) is 0 Å². The Kier molecular flexibility index (Phi) is 4.30. The lowest BCUT2D eigenvalue weighted by molar-refractivity contribution is 0.262. The number of aromatic hydroxyl groups is 1. The van der Waals surface area contributed by atoms with Gasteiger partial charge in [0, 0.05) is 35.7 Å². The lowest BCUT2D eigenvalue weighted by Gasteiger charge is -2.21. The zero-order valence-corrected chi connectivity index (χ0v) is 12.9. The van der Waals surface area contributed by atoms with Gasteiger partial charge in [0.1, 0.15) is 5.75 Å². The molecule has 3 nitrogen and oxygen atoms in total. The Hall–Kier alpha value is -0.580. The van der Waals surface area contributed by atoms with Crippen LogP contribution in [0.15, 0.2) is 16.6 Å². The molecule has 4 heteroatoms. The van der Waals surface area contributed by atoms with Crippen LogP contribution in [0.4, 0.5) is 0 Å². The van der Waals surface area contributed by atoms with E-state index in [9.17, 15) is 5.11 Å². The highest BCUT2D eigenvalue weighted by Gasteiger charge is 2.24. The van der Waals surface area contributed by atoms with Gasteiger partial charge in [-0.05, 0) is 45.1 Å². The van der Waals surface area contributed by atoms with E-state index < -0.39 is 0 Å². The van der Waals surface area contributed by atoms with Gasteiger partial charge in [0.25, 0.3) is 0 Å².